The molecular weight excluding hydrogens is 282 g/mol. The minimum absolute atomic E-state index is 0.0301. The number of nitrogen functional groups attached to an aromatic ring is 1. The first-order valence-electron chi connectivity index (χ1n) is 6.11. The van der Waals surface area contributed by atoms with Gasteiger partial charge in [0.1, 0.15) is 11.6 Å². The molecule has 0 bridgehead atoms. The maximum absolute atomic E-state index is 13.5. The van der Waals surface area contributed by atoms with Gasteiger partial charge < -0.3 is 11.1 Å². The molecule has 3 nitrogen and oxygen atoms in total. The van der Waals surface area contributed by atoms with E-state index in [1.807, 2.05) is 0 Å². The fourth-order valence-corrected chi connectivity index (χ4v) is 2.72. The zero-order chi connectivity index (χ0) is 14.7. The van der Waals surface area contributed by atoms with Crippen LogP contribution in [-0.2, 0) is 6.54 Å². The number of hydrogen-bond acceptors (Lipinski definition) is 4. The predicted octanol–water partition coefficient (Wildman–Crippen LogP) is 3.81. The van der Waals surface area contributed by atoms with Gasteiger partial charge in [0, 0.05) is 18.5 Å². The number of ketones is 1. The Bertz CT molecular complexity index is 640. The summed E-state index contributed by atoms with van der Waals surface area (Å²) in [6.07, 6.45) is 0.378. The summed E-state index contributed by atoms with van der Waals surface area (Å²) in [7, 11) is 0. The Hall–Kier alpha value is -1.95. The molecule has 1 aromatic carbocycles. The van der Waals surface area contributed by atoms with Crippen LogP contribution in [-0.4, -0.2) is 5.78 Å². The van der Waals surface area contributed by atoms with E-state index in [-0.39, 0.29) is 17.9 Å². The quantitative estimate of drug-likeness (QED) is 0.825. The molecule has 2 rings (SSSR count). The number of rotatable bonds is 5. The highest BCUT2D eigenvalue weighted by Crippen LogP contribution is 2.30. The lowest BCUT2D eigenvalue weighted by molar-refractivity contribution is 0.0993. The zero-order valence-corrected chi connectivity index (χ0v) is 11.7. The number of Topliss-reactive ketones (excluding diaryl/α,β-unsaturated/α-hetero) is 1. The van der Waals surface area contributed by atoms with Crippen LogP contribution in [0.1, 0.15) is 28.6 Å². The molecule has 6 heteroatoms. The molecule has 0 saturated heterocycles. The van der Waals surface area contributed by atoms with Crippen molar-refractivity contribution in [2.45, 2.75) is 19.9 Å². The average Bonchev–Trinajstić information content (AvgIpc) is 2.80. The van der Waals surface area contributed by atoms with Gasteiger partial charge >= 0.3 is 0 Å². The van der Waals surface area contributed by atoms with Gasteiger partial charge in [-0.3, -0.25) is 4.79 Å². The average molecular weight is 296 g/mol. The molecule has 0 radical (unpaired) electrons. The van der Waals surface area contributed by atoms with Crippen LogP contribution in [0, 0.1) is 11.6 Å². The molecule has 1 heterocycles. The van der Waals surface area contributed by atoms with Gasteiger partial charge in [-0.1, -0.05) is 6.92 Å². The van der Waals surface area contributed by atoms with E-state index in [4.69, 9.17) is 5.73 Å². The normalized spacial score (nSPS) is 10.6. The van der Waals surface area contributed by atoms with Crippen molar-refractivity contribution in [2.24, 2.45) is 0 Å². The van der Waals surface area contributed by atoms with Gasteiger partial charge in [-0.25, -0.2) is 8.78 Å². The third-order valence-electron chi connectivity index (χ3n) is 2.80. The van der Waals surface area contributed by atoms with Gasteiger partial charge in [0.15, 0.2) is 5.78 Å². The lowest BCUT2D eigenvalue weighted by Crippen LogP contribution is -2.01. The largest absolute Gasteiger partial charge is 0.397 e. The summed E-state index contributed by atoms with van der Waals surface area (Å²) in [5.41, 5.74) is 6.39. The van der Waals surface area contributed by atoms with E-state index in [1.54, 1.807) is 13.0 Å². The molecule has 106 valence electrons. The summed E-state index contributed by atoms with van der Waals surface area (Å²) in [5, 5.41) is 3.60. The van der Waals surface area contributed by atoms with Crippen molar-refractivity contribution in [3.63, 3.8) is 0 Å². The number of carbonyl (C=O) groups is 1. The molecule has 0 spiro atoms. The van der Waals surface area contributed by atoms with Crippen molar-refractivity contribution >= 4 is 27.8 Å². The SMILES string of the molecule is CCC(=O)c1sc(NCc2cc(F)ccc2F)cc1N. The number of thiophene rings is 1. The Labute approximate surface area is 119 Å². The zero-order valence-electron chi connectivity index (χ0n) is 10.9. The van der Waals surface area contributed by atoms with Crippen LogP contribution in [0.4, 0.5) is 19.5 Å². The van der Waals surface area contributed by atoms with Crippen molar-refractivity contribution in [3.8, 4) is 0 Å². The second kappa shape index (κ2) is 6.00. The molecule has 0 saturated carbocycles. The fraction of sp³-hybridized carbons (Fsp3) is 0.214. The minimum Gasteiger partial charge on any atom is -0.397 e. The number of benzene rings is 1. The molecule has 0 amide bonds. The number of halogens is 2. The lowest BCUT2D eigenvalue weighted by atomic mass is 10.2. The van der Waals surface area contributed by atoms with E-state index < -0.39 is 11.6 Å². The monoisotopic (exact) mass is 296 g/mol. The third kappa shape index (κ3) is 3.14. The highest BCUT2D eigenvalue weighted by atomic mass is 32.1. The Morgan fingerprint density at radius 3 is 2.80 bits per heavy atom. The van der Waals surface area contributed by atoms with Crippen molar-refractivity contribution < 1.29 is 13.6 Å². The molecule has 0 fully saturated rings. The van der Waals surface area contributed by atoms with Crippen LogP contribution in [0.2, 0.25) is 0 Å². The van der Waals surface area contributed by atoms with Crippen molar-refractivity contribution in [1.29, 1.82) is 0 Å². The topological polar surface area (TPSA) is 55.1 Å². The second-order valence-electron chi connectivity index (χ2n) is 4.26. The van der Waals surface area contributed by atoms with E-state index in [2.05, 4.69) is 5.32 Å². The van der Waals surface area contributed by atoms with Crippen LogP contribution >= 0.6 is 11.3 Å². The molecule has 2 aromatic rings. The van der Waals surface area contributed by atoms with Crippen molar-refractivity contribution in [2.75, 3.05) is 11.1 Å². The minimum atomic E-state index is -0.490. The van der Waals surface area contributed by atoms with E-state index in [1.165, 1.54) is 11.3 Å². The van der Waals surface area contributed by atoms with Crippen molar-refractivity contribution in [3.05, 3.63) is 46.3 Å². The molecule has 0 unspecified atom stereocenters. The Kier molecular flexibility index (Phi) is 4.34. The molecule has 0 aliphatic heterocycles. The van der Waals surface area contributed by atoms with E-state index >= 15 is 0 Å². The van der Waals surface area contributed by atoms with Crippen LogP contribution < -0.4 is 11.1 Å². The molecule has 0 aliphatic carbocycles. The Balaban J connectivity index is 2.11. The van der Waals surface area contributed by atoms with E-state index in [9.17, 15) is 13.6 Å². The fourth-order valence-electron chi connectivity index (χ4n) is 1.73. The third-order valence-corrected chi connectivity index (χ3v) is 3.95. The maximum Gasteiger partial charge on any atom is 0.174 e. The van der Waals surface area contributed by atoms with Crippen molar-refractivity contribution in [1.82, 2.24) is 0 Å². The molecule has 0 aliphatic rings. The molecule has 1 aromatic heterocycles. The van der Waals surface area contributed by atoms with Gasteiger partial charge in [-0.2, -0.15) is 0 Å². The number of hydrogen-bond donors (Lipinski definition) is 2. The Morgan fingerprint density at radius 1 is 1.35 bits per heavy atom. The van der Waals surface area contributed by atoms with Crippen LogP contribution in [0.5, 0.6) is 0 Å². The molecular formula is C14H14F2N2OS. The first kappa shape index (κ1) is 14.5. The number of nitrogens with one attached hydrogen (secondary N) is 1. The second-order valence-corrected chi connectivity index (χ2v) is 5.31. The molecule has 3 N–H and O–H groups in total. The lowest BCUT2D eigenvalue weighted by Gasteiger charge is -2.05. The van der Waals surface area contributed by atoms with E-state index in [0.717, 1.165) is 18.2 Å². The van der Waals surface area contributed by atoms with Crippen LogP contribution in [0.15, 0.2) is 24.3 Å². The summed E-state index contributed by atoms with van der Waals surface area (Å²) in [6.45, 7) is 1.89. The summed E-state index contributed by atoms with van der Waals surface area (Å²) in [4.78, 5) is 12.1. The highest BCUT2D eigenvalue weighted by molar-refractivity contribution is 7.18. The molecule has 0 atom stereocenters. The Morgan fingerprint density at radius 2 is 2.10 bits per heavy atom. The highest BCUT2D eigenvalue weighted by Gasteiger charge is 2.13. The number of carbonyl (C=O) groups excluding carboxylic acids is 1. The molecule has 20 heavy (non-hydrogen) atoms. The van der Waals surface area contributed by atoms with Crippen LogP contribution in [0.25, 0.3) is 0 Å². The van der Waals surface area contributed by atoms with Gasteiger partial charge in [0.2, 0.25) is 0 Å². The first-order valence-corrected chi connectivity index (χ1v) is 6.93. The van der Waals surface area contributed by atoms with Gasteiger partial charge in [0.25, 0.3) is 0 Å². The van der Waals surface area contributed by atoms with E-state index in [0.29, 0.717) is 22.0 Å². The summed E-state index contributed by atoms with van der Waals surface area (Å²) >= 11 is 1.22. The standard InChI is InChI=1S/C14H14F2N2OS/c1-2-12(19)14-11(17)6-13(20-14)18-7-8-5-9(15)3-4-10(8)16/h3-6,18H,2,7,17H2,1H3. The predicted molar refractivity (Wildman–Crippen MR) is 77.0 cm³/mol. The first-order chi connectivity index (χ1) is 9.51. The number of nitrogens with two attached hydrogens (primary N) is 1. The van der Waals surface area contributed by atoms with Crippen LogP contribution in [0.3, 0.4) is 0 Å². The summed E-state index contributed by atoms with van der Waals surface area (Å²) < 4.78 is 26.5. The smallest absolute Gasteiger partial charge is 0.174 e. The van der Waals surface area contributed by atoms with Gasteiger partial charge in [-0.15, -0.1) is 11.3 Å². The summed E-state index contributed by atoms with van der Waals surface area (Å²) in [5.74, 6) is -0.999. The van der Waals surface area contributed by atoms with Gasteiger partial charge in [0.05, 0.1) is 15.6 Å². The summed E-state index contributed by atoms with van der Waals surface area (Å²) in [6, 6.07) is 4.92. The number of anilines is 2. The maximum atomic E-state index is 13.5. The van der Waals surface area contributed by atoms with Gasteiger partial charge in [-0.05, 0) is 24.3 Å².